The van der Waals surface area contributed by atoms with Crippen molar-refractivity contribution in [2.45, 2.75) is 19.9 Å². The Bertz CT molecular complexity index is 1150. The number of aromatic nitrogens is 1. The second-order valence-electron chi connectivity index (χ2n) is 6.11. The van der Waals surface area contributed by atoms with Crippen LogP contribution in [0.1, 0.15) is 22.8 Å². The fourth-order valence-corrected chi connectivity index (χ4v) is 3.89. The molecule has 29 heavy (non-hydrogen) atoms. The van der Waals surface area contributed by atoms with E-state index in [0.717, 1.165) is 21.5 Å². The fourth-order valence-electron chi connectivity index (χ4n) is 2.81. The third kappa shape index (κ3) is 4.73. The molecular formula is C22H20N2O4S. The molecule has 0 radical (unpaired) electrons. The molecule has 0 saturated heterocycles. The highest BCUT2D eigenvalue weighted by Gasteiger charge is 2.12. The molecule has 0 saturated carbocycles. The van der Waals surface area contributed by atoms with E-state index in [4.69, 9.17) is 15.9 Å². The van der Waals surface area contributed by atoms with Crippen LogP contribution in [0.15, 0.2) is 47.5 Å². The van der Waals surface area contributed by atoms with Crippen LogP contribution >= 0.6 is 11.3 Å². The Morgan fingerprint density at radius 3 is 2.62 bits per heavy atom. The summed E-state index contributed by atoms with van der Waals surface area (Å²) < 4.78 is 12.8. The van der Waals surface area contributed by atoms with Gasteiger partial charge in [0.25, 0.3) is 5.91 Å². The average Bonchev–Trinajstić information content (AvgIpc) is 3.05. The summed E-state index contributed by atoms with van der Waals surface area (Å²) >= 11 is 1.31. The second kappa shape index (κ2) is 9.22. The summed E-state index contributed by atoms with van der Waals surface area (Å²) in [6.45, 7) is 2.33. The number of terminal acetylenes is 1. The third-order valence-electron chi connectivity index (χ3n) is 4.18. The van der Waals surface area contributed by atoms with E-state index in [1.807, 2.05) is 12.1 Å². The zero-order valence-electron chi connectivity index (χ0n) is 16.2. The molecule has 1 heterocycles. The van der Waals surface area contributed by atoms with Crippen molar-refractivity contribution < 1.29 is 19.1 Å². The molecule has 0 aliphatic heterocycles. The lowest BCUT2D eigenvalue weighted by atomic mass is 10.1. The molecule has 1 amide bonds. The van der Waals surface area contributed by atoms with Gasteiger partial charge < -0.3 is 14.0 Å². The van der Waals surface area contributed by atoms with E-state index in [1.54, 1.807) is 48.9 Å². The van der Waals surface area contributed by atoms with E-state index in [1.165, 1.54) is 11.3 Å². The van der Waals surface area contributed by atoms with E-state index >= 15 is 0 Å². The van der Waals surface area contributed by atoms with Crippen LogP contribution in [0.2, 0.25) is 0 Å². The van der Waals surface area contributed by atoms with Crippen LogP contribution in [0, 0.1) is 12.3 Å². The predicted octanol–water partition coefficient (Wildman–Crippen LogP) is 3.19. The molecule has 0 bridgehead atoms. The summed E-state index contributed by atoms with van der Waals surface area (Å²) in [6, 6.07) is 12.5. The van der Waals surface area contributed by atoms with Crippen molar-refractivity contribution in [1.82, 2.24) is 4.57 Å². The molecule has 0 N–H and O–H groups in total. The number of ether oxygens (including phenoxy) is 2. The molecule has 0 fully saturated rings. The van der Waals surface area contributed by atoms with Crippen LogP contribution in [0.25, 0.3) is 10.2 Å². The maximum Gasteiger partial charge on any atom is 0.338 e. The number of carbonyl (C=O) groups is 2. The normalized spacial score (nSPS) is 11.3. The molecule has 0 unspecified atom stereocenters. The Kier molecular flexibility index (Phi) is 6.47. The standard InChI is InChI=1S/C22H20N2O4S/c1-4-12-24-18-11-8-16(21(26)28-5-2)14-19(18)29-22(24)23-20(25)13-15-6-9-17(27-3)10-7-15/h1,6-11,14H,5,12-13H2,2-3H3. The summed E-state index contributed by atoms with van der Waals surface area (Å²) in [5, 5.41) is 0. The Balaban J connectivity index is 1.95. The highest BCUT2D eigenvalue weighted by Crippen LogP contribution is 2.20. The minimum atomic E-state index is -0.389. The Morgan fingerprint density at radius 2 is 1.97 bits per heavy atom. The lowest BCUT2D eigenvalue weighted by molar-refractivity contribution is -0.117. The van der Waals surface area contributed by atoms with Crippen molar-refractivity contribution in [3.05, 3.63) is 58.4 Å². The van der Waals surface area contributed by atoms with Crippen molar-refractivity contribution in [2.24, 2.45) is 4.99 Å². The van der Waals surface area contributed by atoms with Gasteiger partial charge in [0, 0.05) is 0 Å². The minimum Gasteiger partial charge on any atom is -0.497 e. The zero-order valence-corrected chi connectivity index (χ0v) is 17.0. The minimum absolute atomic E-state index is 0.169. The summed E-state index contributed by atoms with van der Waals surface area (Å²) in [5.41, 5.74) is 2.11. The number of hydrogen-bond donors (Lipinski definition) is 0. The number of benzene rings is 2. The predicted molar refractivity (Wildman–Crippen MR) is 112 cm³/mol. The number of rotatable bonds is 6. The van der Waals surface area contributed by atoms with Gasteiger partial charge in [0.15, 0.2) is 4.80 Å². The Labute approximate surface area is 172 Å². The van der Waals surface area contributed by atoms with Crippen molar-refractivity contribution in [3.63, 3.8) is 0 Å². The van der Waals surface area contributed by atoms with Gasteiger partial charge in [-0.3, -0.25) is 4.79 Å². The molecule has 6 nitrogen and oxygen atoms in total. The third-order valence-corrected chi connectivity index (χ3v) is 5.22. The molecule has 1 aromatic heterocycles. The highest BCUT2D eigenvalue weighted by atomic mass is 32.1. The first-order valence-electron chi connectivity index (χ1n) is 9.00. The van der Waals surface area contributed by atoms with Gasteiger partial charge >= 0.3 is 5.97 Å². The number of hydrogen-bond acceptors (Lipinski definition) is 5. The molecule has 7 heteroatoms. The number of fused-ring (bicyclic) bond motifs is 1. The topological polar surface area (TPSA) is 69.9 Å². The number of amides is 1. The summed E-state index contributed by atoms with van der Waals surface area (Å²) in [5.74, 6) is 2.65. The molecule has 148 valence electrons. The number of carbonyl (C=O) groups excluding carboxylic acids is 2. The van der Waals surface area contributed by atoms with Crippen molar-refractivity contribution >= 4 is 33.4 Å². The maximum absolute atomic E-state index is 12.5. The molecule has 3 aromatic rings. The smallest absolute Gasteiger partial charge is 0.338 e. The largest absolute Gasteiger partial charge is 0.497 e. The highest BCUT2D eigenvalue weighted by molar-refractivity contribution is 7.16. The number of methoxy groups -OCH3 is 1. The lowest BCUT2D eigenvalue weighted by Gasteiger charge is -2.03. The monoisotopic (exact) mass is 408 g/mol. The molecular weight excluding hydrogens is 388 g/mol. The SMILES string of the molecule is C#CCn1c(=NC(=O)Cc2ccc(OC)cc2)sc2cc(C(=O)OCC)ccc21. The summed E-state index contributed by atoms with van der Waals surface area (Å²) in [7, 11) is 1.59. The van der Waals surface area contributed by atoms with Gasteiger partial charge in [-0.05, 0) is 42.8 Å². The fraction of sp³-hybridized carbons (Fsp3) is 0.227. The van der Waals surface area contributed by atoms with Crippen LogP contribution in [0.4, 0.5) is 0 Å². The molecule has 2 aromatic carbocycles. The van der Waals surface area contributed by atoms with Crippen LogP contribution in [-0.4, -0.2) is 30.2 Å². The Hall–Kier alpha value is -3.37. The lowest BCUT2D eigenvalue weighted by Crippen LogP contribution is -2.17. The van der Waals surface area contributed by atoms with Crippen molar-refractivity contribution in [1.29, 1.82) is 0 Å². The second-order valence-corrected chi connectivity index (χ2v) is 7.12. The maximum atomic E-state index is 12.5. The average molecular weight is 408 g/mol. The molecule has 0 atom stereocenters. The van der Waals surface area contributed by atoms with Gasteiger partial charge in [-0.1, -0.05) is 29.4 Å². The van der Waals surface area contributed by atoms with Gasteiger partial charge in [0.2, 0.25) is 0 Å². The van der Waals surface area contributed by atoms with E-state index in [0.29, 0.717) is 17.0 Å². The van der Waals surface area contributed by atoms with E-state index < -0.39 is 0 Å². The molecule has 3 rings (SSSR count). The van der Waals surface area contributed by atoms with Crippen molar-refractivity contribution in [2.75, 3.05) is 13.7 Å². The van der Waals surface area contributed by atoms with E-state index in [2.05, 4.69) is 10.9 Å². The van der Waals surface area contributed by atoms with Gasteiger partial charge in [-0.15, -0.1) is 6.42 Å². The van der Waals surface area contributed by atoms with Crippen LogP contribution in [-0.2, 0) is 22.5 Å². The Morgan fingerprint density at radius 1 is 1.21 bits per heavy atom. The quantitative estimate of drug-likeness (QED) is 0.464. The van der Waals surface area contributed by atoms with Crippen LogP contribution < -0.4 is 9.54 Å². The summed E-state index contributed by atoms with van der Waals surface area (Å²) in [4.78, 5) is 29.2. The number of thiazole rings is 1. The molecule has 0 spiro atoms. The van der Waals surface area contributed by atoms with E-state index in [9.17, 15) is 9.59 Å². The first-order valence-corrected chi connectivity index (χ1v) is 9.81. The zero-order chi connectivity index (χ0) is 20.8. The van der Waals surface area contributed by atoms with Crippen LogP contribution in [0.5, 0.6) is 5.75 Å². The first kappa shape index (κ1) is 20.4. The molecule has 0 aliphatic rings. The van der Waals surface area contributed by atoms with Crippen molar-refractivity contribution in [3.8, 4) is 18.1 Å². The van der Waals surface area contributed by atoms with Gasteiger partial charge in [0.1, 0.15) is 5.75 Å². The van der Waals surface area contributed by atoms with Gasteiger partial charge in [-0.25, -0.2) is 4.79 Å². The number of esters is 1. The number of nitrogens with zero attached hydrogens (tertiary/aromatic N) is 2. The first-order chi connectivity index (χ1) is 14.0. The van der Waals surface area contributed by atoms with Gasteiger partial charge in [0.05, 0.1) is 42.5 Å². The molecule has 0 aliphatic carbocycles. The van der Waals surface area contributed by atoms with Crippen LogP contribution in [0.3, 0.4) is 0 Å². The van der Waals surface area contributed by atoms with E-state index in [-0.39, 0.29) is 24.8 Å². The summed E-state index contributed by atoms with van der Waals surface area (Å²) in [6.07, 6.45) is 5.67. The van der Waals surface area contributed by atoms with Gasteiger partial charge in [-0.2, -0.15) is 4.99 Å².